The zero-order chi connectivity index (χ0) is 19.2. The van der Waals surface area contributed by atoms with E-state index in [0.29, 0.717) is 0 Å². The standard InChI is InChI=1S/C25H37NS/c1-2-3-4-5-6-7-8-9-10-17-22-27-25(26,23-18-13-11-14-19-23)24-20-15-12-16-21-24/h11-16,18-21H,2-10,17,22,26H2,1H3. The molecule has 1 nitrogen and oxygen atoms in total. The molecule has 0 amide bonds. The van der Waals surface area contributed by atoms with E-state index in [2.05, 4.69) is 67.6 Å². The fourth-order valence-corrected chi connectivity index (χ4v) is 4.80. The molecule has 2 N–H and O–H groups in total. The highest BCUT2D eigenvalue weighted by atomic mass is 32.2. The van der Waals surface area contributed by atoms with Crippen LogP contribution in [0.4, 0.5) is 0 Å². The highest BCUT2D eigenvalue weighted by Crippen LogP contribution is 2.38. The fourth-order valence-electron chi connectivity index (χ4n) is 3.53. The monoisotopic (exact) mass is 383 g/mol. The number of benzene rings is 2. The second-order valence-corrected chi connectivity index (χ2v) is 8.84. The summed E-state index contributed by atoms with van der Waals surface area (Å²) in [5.74, 6) is 1.11. The van der Waals surface area contributed by atoms with Crippen molar-refractivity contribution >= 4 is 11.8 Å². The number of nitrogens with two attached hydrogens (primary N) is 1. The molecule has 2 aromatic carbocycles. The summed E-state index contributed by atoms with van der Waals surface area (Å²) in [5.41, 5.74) is 9.30. The largest absolute Gasteiger partial charge is 0.309 e. The van der Waals surface area contributed by atoms with Crippen molar-refractivity contribution in [2.45, 2.75) is 76.0 Å². The van der Waals surface area contributed by atoms with E-state index in [9.17, 15) is 0 Å². The molecule has 0 saturated carbocycles. The summed E-state index contributed by atoms with van der Waals surface area (Å²) in [6, 6.07) is 21.1. The Kier molecular flexibility index (Phi) is 10.6. The van der Waals surface area contributed by atoms with Gasteiger partial charge in [0.25, 0.3) is 0 Å². The van der Waals surface area contributed by atoms with Gasteiger partial charge in [0.15, 0.2) is 0 Å². The molecule has 0 atom stereocenters. The van der Waals surface area contributed by atoms with Gasteiger partial charge in [-0.05, 0) is 23.3 Å². The summed E-state index contributed by atoms with van der Waals surface area (Å²) >= 11 is 1.89. The van der Waals surface area contributed by atoms with E-state index in [0.717, 1.165) is 5.75 Å². The Labute approximate surface area is 171 Å². The first-order valence-corrected chi connectivity index (χ1v) is 11.8. The van der Waals surface area contributed by atoms with E-state index in [1.807, 2.05) is 11.8 Å². The average Bonchev–Trinajstić information content (AvgIpc) is 2.73. The first-order valence-electron chi connectivity index (χ1n) is 10.8. The first kappa shape index (κ1) is 22.0. The Morgan fingerprint density at radius 3 is 1.48 bits per heavy atom. The fraction of sp³-hybridized carbons (Fsp3) is 0.520. The molecule has 2 rings (SSSR count). The van der Waals surface area contributed by atoms with Gasteiger partial charge in [0.05, 0.1) is 0 Å². The van der Waals surface area contributed by atoms with Gasteiger partial charge in [-0.2, -0.15) is 0 Å². The van der Waals surface area contributed by atoms with Crippen LogP contribution in [0.2, 0.25) is 0 Å². The first-order chi connectivity index (χ1) is 13.3. The third-order valence-electron chi connectivity index (χ3n) is 5.23. The summed E-state index contributed by atoms with van der Waals surface area (Å²) in [4.78, 5) is -0.457. The summed E-state index contributed by atoms with van der Waals surface area (Å²) in [5, 5.41) is 0. The molecule has 0 aromatic heterocycles. The molecule has 2 aromatic rings. The second-order valence-electron chi connectivity index (χ2n) is 7.50. The lowest BCUT2D eigenvalue weighted by atomic mass is 9.99. The Bertz CT molecular complexity index is 557. The van der Waals surface area contributed by atoms with Gasteiger partial charge in [-0.3, -0.25) is 0 Å². The van der Waals surface area contributed by atoms with Crippen LogP contribution in [0.1, 0.15) is 82.3 Å². The molecule has 0 aliphatic carbocycles. The van der Waals surface area contributed by atoms with Gasteiger partial charge in [0, 0.05) is 0 Å². The Morgan fingerprint density at radius 2 is 1.04 bits per heavy atom. The minimum Gasteiger partial charge on any atom is -0.309 e. The second kappa shape index (κ2) is 13.0. The lowest BCUT2D eigenvalue weighted by Gasteiger charge is -2.30. The van der Waals surface area contributed by atoms with Crippen molar-refractivity contribution in [3.63, 3.8) is 0 Å². The topological polar surface area (TPSA) is 26.0 Å². The normalized spacial score (nSPS) is 11.6. The molecule has 0 bridgehead atoms. The van der Waals surface area contributed by atoms with Crippen LogP contribution in [0, 0.1) is 0 Å². The van der Waals surface area contributed by atoms with Gasteiger partial charge in [-0.15, -0.1) is 11.8 Å². The van der Waals surface area contributed by atoms with Gasteiger partial charge in [0.1, 0.15) is 4.87 Å². The van der Waals surface area contributed by atoms with Crippen LogP contribution in [-0.4, -0.2) is 5.75 Å². The SMILES string of the molecule is CCCCCCCCCCCCSC(N)(c1ccccc1)c1ccccc1. The molecule has 148 valence electrons. The zero-order valence-corrected chi connectivity index (χ0v) is 17.9. The van der Waals surface area contributed by atoms with E-state index in [1.54, 1.807) is 0 Å². The summed E-state index contributed by atoms with van der Waals surface area (Å²) < 4.78 is 0. The third kappa shape index (κ3) is 7.71. The molecule has 0 unspecified atom stereocenters. The van der Waals surface area contributed by atoms with E-state index < -0.39 is 4.87 Å². The number of hydrogen-bond donors (Lipinski definition) is 1. The van der Waals surface area contributed by atoms with E-state index in [4.69, 9.17) is 5.73 Å². The molecule has 27 heavy (non-hydrogen) atoms. The number of thioether (sulfide) groups is 1. The van der Waals surface area contributed by atoms with Crippen LogP contribution < -0.4 is 5.73 Å². The van der Waals surface area contributed by atoms with Crippen molar-refractivity contribution in [1.29, 1.82) is 0 Å². The molecule has 0 radical (unpaired) electrons. The maximum atomic E-state index is 6.92. The molecule has 0 aliphatic heterocycles. The summed E-state index contributed by atoms with van der Waals surface area (Å²) in [7, 11) is 0. The van der Waals surface area contributed by atoms with Gasteiger partial charge in [-0.1, -0.05) is 125 Å². The van der Waals surface area contributed by atoms with E-state index >= 15 is 0 Å². The van der Waals surface area contributed by atoms with Crippen LogP contribution in [0.5, 0.6) is 0 Å². The molecule has 2 heteroatoms. The summed E-state index contributed by atoms with van der Waals surface area (Å²) in [6.07, 6.45) is 13.7. The van der Waals surface area contributed by atoms with Gasteiger partial charge < -0.3 is 5.73 Å². The quantitative estimate of drug-likeness (QED) is 0.270. The Balaban J connectivity index is 1.73. The van der Waals surface area contributed by atoms with Crippen molar-refractivity contribution in [2.24, 2.45) is 5.73 Å². The number of unbranched alkanes of at least 4 members (excludes halogenated alkanes) is 9. The molecular formula is C25H37NS. The lowest BCUT2D eigenvalue weighted by molar-refractivity contribution is 0.563. The minimum absolute atomic E-state index is 0.457. The molecule has 0 spiro atoms. The average molecular weight is 384 g/mol. The van der Waals surface area contributed by atoms with Crippen molar-refractivity contribution in [1.82, 2.24) is 0 Å². The van der Waals surface area contributed by atoms with Crippen LogP contribution in [0.25, 0.3) is 0 Å². The van der Waals surface area contributed by atoms with Crippen LogP contribution in [-0.2, 0) is 4.87 Å². The number of rotatable bonds is 14. The molecular weight excluding hydrogens is 346 g/mol. The maximum absolute atomic E-state index is 6.92. The van der Waals surface area contributed by atoms with Crippen LogP contribution >= 0.6 is 11.8 Å². The lowest BCUT2D eigenvalue weighted by Crippen LogP contribution is -2.34. The van der Waals surface area contributed by atoms with Crippen LogP contribution in [0.15, 0.2) is 60.7 Å². The molecule has 0 fully saturated rings. The minimum atomic E-state index is -0.457. The van der Waals surface area contributed by atoms with Gasteiger partial charge >= 0.3 is 0 Å². The van der Waals surface area contributed by atoms with Crippen LogP contribution in [0.3, 0.4) is 0 Å². The highest BCUT2D eigenvalue weighted by molar-refractivity contribution is 8.00. The highest BCUT2D eigenvalue weighted by Gasteiger charge is 2.29. The van der Waals surface area contributed by atoms with E-state index in [-0.39, 0.29) is 0 Å². The smallest absolute Gasteiger partial charge is 0.113 e. The Morgan fingerprint density at radius 1 is 0.630 bits per heavy atom. The summed E-state index contributed by atoms with van der Waals surface area (Å²) in [6.45, 7) is 2.28. The number of hydrogen-bond acceptors (Lipinski definition) is 2. The van der Waals surface area contributed by atoms with Crippen molar-refractivity contribution in [2.75, 3.05) is 5.75 Å². The molecule has 0 aliphatic rings. The van der Waals surface area contributed by atoms with Crippen molar-refractivity contribution in [3.05, 3.63) is 71.8 Å². The predicted octanol–water partition coefficient (Wildman–Crippen LogP) is 7.50. The zero-order valence-electron chi connectivity index (χ0n) is 17.0. The molecule has 0 saturated heterocycles. The van der Waals surface area contributed by atoms with Crippen molar-refractivity contribution < 1.29 is 0 Å². The van der Waals surface area contributed by atoms with Gasteiger partial charge in [0.2, 0.25) is 0 Å². The predicted molar refractivity (Wildman–Crippen MR) is 122 cm³/mol. The Hall–Kier alpha value is -1.25. The van der Waals surface area contributed by atoms with Gasteiger partial charge in [-0.25, -0.2) is 0 Å². The van der Waals surface area contributed by atoms with Crippen molar-refractivity contribution in [3.8, 4) is 0 Å². The third-order valence-corrected chi connectivity index (χ3v) is 6.65. The maximum Gasteiger partial charge on any atom is 0.113 e. The van der Waals surface area contributed by atoms with E-state index in [1.165, 1.54) is 75.3 Å². The molecule has 0 heterocycles.